The van der Waals surface area contributed by atoms with Crippen molar-refractivity contribution in [3.63, 3.8) is 0 Å². The van der Waals surface area contributed by atoms with Gasteiger partial charge in [0.15, 0.2) is 12.1 Å². The first-order valence-corrected chi connectivity index (χ1v) is 16.4. The summed E-state index contributed by atoms with van der Waals surface area (Å²) in [6, 6.07) is -0.112. The van der Waals surface area contributed by atoms with Crippen LogP contribution >= 0.6 is 0 Å². The van der Waals surface area contributed by atoms with Crippen LogP contribution in [0.25, 0.3) is 0 Å². The van der Waals surface area contributed by atoms with Crippen molar-refractivity contribution >= 4 is 11.8 Å². The highest BCUT2D eigenvalue weighted by Crippen LogP contribution is 2.38. The minimum Gasteiger partial charge on any atom is -0.463 e. The summed E-state index contributed by atoms with van der Waals surface area (Å²) in [6.45, 7) is 15.6. The van der Waals surface area contributed by atoms with Gasteiger partial charge in [0.2, 0.25) is 0 Å². The van der Waals surface area contributed by atoms with Gasteiger partial charge in [-0.05, 0) is 113 Å². The van der Waals surface area contributed by atoms with Crippen molar-refractivity contribution in [2.75, 3.05) is 61.0 Å². The molecule has 0 radical (unpaired) electrons. The Balaban J connectivity index is 1.90. The summed E-state index contributed by atoms with van der Waals surface area (Å²) in [5, 5.41) is 11.3. The number of hydrogen-bond acceptors (Lipinski definition) is 10. The van der Waals surface area contributed by atoms with E-state index in [0.717, 1.165) is 39.0 Å². The lowest BCUT2D eigenvalue weighted by Gasteiger charge is -2.47. The van der Waals surface area contributed by atoms with Gasteiger partial charge in [-0.15, -0.1) is 0 Å². The lowest BCUT2D eigenvalue weighted by molar-refractivity contribution is -0.295. The molecular weight excluding hydrogens is 550 g/mol. The molecular formula is C33H61N3O7. The van der Waals surface area contributed by atoms with Crippen LogP contribution in [0.4, 0.5) is 0 Å². The van der Waals surface area contributed by atoms with E-state index in [2.05, 4.69) is 23.8 Å². The fourth-order valence-corrected chi connectivity index (χ4v) is 7.45. The minimum absolute atomic E-state index is 0.0502. The van der Waals surface area contributed by atoms with Crippen molar-refractivity contribution in [2.24, 2.45) is 17.3 Å². The zero-order valence-corrected chi connectivity index (χ0v) is 28.6. The topological polar surface area (TPSA) is 101 Å². The molecule has 0 unspecified atom stereocenters. The van der Waals surface area contributed by atoms with Crippen molar-refractivity contribution in [1.82, 2.24) is 14.7 Å². The molecule has 10 heteroatoms. The van der Waals surface area contributed by atoms with E-state index in [-0.39, 0.29) is 36.5 Å². The maximum Gasteiger partial charge on any atom is 0.319 e. The molecule has 0 bridgehead atoms. The first-order chi connectivity index (χ1) is 20.1. The third-order valence-corrected chi connectivity index (χ3v) is 10.2. The van der Waals surface area contributed by atoms with Gasteiger partial charge in [0.25, 0.3) is 0 Å². The SMILES string of the molecule is CO[C@]1(C)C[C@@H](C)CN(C)[C@H](CCCN2CCCC2)COC(=O)C(C)(C)C(=O)[C@H](C)[C@H]1O[C@@H]1O[C@H](C)C[C@H](N(C)C)[C@H]1O. The second-order valence-corrected chi connectivity index (χ2v) is 14.6. The van der Waals surface area contributed by atoms with E-state index in [4.69, 9.17) is 18.9 Å². The molecule has 0 saturated carbocycles. The Morgan fingerprint density at radius 1 is 1.09 bits per heavy atom. The molecule has 0 spiro atoms. The number of hydrogen-bond donors (Lipinski definition) is 1. The highest BCUT2D eigenvalue weighted by Gasteiger charge is 2.51. The Bertz CT molecular complexity index is 911. The number of methoxy groups -OCH3 is 1. The molecule has 0 aliphatic carbocycles. The van der Waals surface area contributed by atoms with Crippen molar-refractivity contribution < 1.29 is 33.6 Å². The predicted octanol–water partition coefficient (Wildman–Crippen LogP) is 3.19. The molecule has 0 aromatic heterocycles. The number of likely N-dealkylation sites (tertiary alicyclic amines) is 1. The van der Waals surface area contributed by atoms with Gasteiger partial charge in [0, 0.05) is 31.7 Å². The highest BCUT2D eigenvalue weighted by molar-refractivity contribution is 6.04. The van der Waals surface area contributed by atoms with E-state index in [9.17, 15) is 14.7 Å². The number of carbonyl (C=O) groups is 2. The van der Waals surface area contributed by atoms with Crippen molar-refractivity contribution in [3.8, 4) is 0 Å². The van der Waals surface area contributed by atoms with E-state index >= 15 is 0 Å². The Morgan fingerprint density at radius 3 is 2.35 bits per heavy atom. The molecule has 3 saturated heterocycles. The van der Waals surface area contributed by atoms with Crippen LogP contribution in [0.5, 0.6) is 0 Å². The lowest BCUT2D eigenvalue weighted by atomic mass is 9.74. The first-order valence-electron chi connectivity index (χ1n) is 16.4. The quantitative estimate of drug-likeness (QED) is 0.325. The molecule has 0 amide bonds. The third-order valence-electron chi connectivity index (χ3n) is 10.2. The van der Waals surface area contributed by atoms with Gasteiger partial charge in [0.1, 0.15) is 18.1 Å². The maximum atomic E-state index is 14.1. The number of cyclic esters (lactones) is 1. The number of Topliss-reactive ketones (excluding diaryl/α,β-unsaturated/α-hetero) is 1. The third kappa shape index (κ3) is 8.99. The number of ether oxygens (including phenoxy) is 4. The molecule has 3 fully saturated rings. The van der Waals surface area contributed by atoms with Crippen LogP contribution in [0.15, 0.2) is 0 Å². The number of likely N-dealkylation sites (N-methyl/N-ethyl adjacent to an activating group) is 2. The Morgan fingerprint density at radius 2 is 1.74 bits per heavy atom. The molecule has 3 aliphatic rings. The lowest BCUT2D eigenvalue weighted by Crippen LogP contribution is -2.59. The number of rotatable bonds is 8. The number of nitrogens with zero attached hydrogens (tertiary/aromatic N) is 3. The van der Waals surface area contributed by atoms with Crippen LogP contribution in [-0.2, 0) is 28.5 Å². The van der Waals surface area contributed by atoms with Crippen LogP contribution in [0, 0.1) is 17.3 Å². The molecule has 3 aliphatic heterocycles. The molecule has 43 heavy (non-hydrogen) atoms. The van der Waals surface area contributed by atoms with E-state index in [1.807, 2.05) is 32.8 Å². The standard InChI is InChI=1S/C33H61N3O7/c1-22-19-33(6,40-10)29(43-30-27(37)26(34(7)8)18-23(2)42-30)24(3)28(38)32(4,5)31(39)41-21-25(35(9)20-22)14-13-17-36-15-11-12-16-36/h22-27,29-30,37H,11-21H2,1-10H3/t22-,23-,24+,25-,26+,27-,29-,30+,33-/m1/s1. The summed E-state index contributed by atoms with van der Waals surface area (Å²) in [4.78, 5) is 34.4. The van der Waals surface area contributed by atoms with Gasteiger partial charge in [-0.2, -0.15) is 0 Å². The summed E-state index contributed by atoms with van der Waals surface area (Å²) in [5.41, 5.74) is -2.29. The first kappa shape index (κ1) is 36.3. The number of aliphatic hydroxyl groups is 1. The van der Waals surface area contributed by atoms with Gasteiger partial charge in [-0.25, -0.2) is 0 Å². The highest BCUT2D eigenvalue weighted by atomic mass is 16.7. The van der Waals surface area contributed by atoms with Gasteiger partial charge in [-0.3, -0.25) is 14.5 Å². The van der Waals surface area contributed by atoms with Gasteiger partial charge in [-0.1, -0.05) is 13.8 Å². The van der Waals surface area contributed by atoms with Crippen molar-refractivity contribution in [3.05, 3.63) is 0 Å². The van der Waals surface area contributed by atoms with Gasteiger partial charge < -0.3 is 33.9 Å². The second kappa shape index (κ2) is 15.4. The van der Waals surface area contributed by atoms with Gasteiger partial charge in [0.05, 0.1) is 17.8 Å². The fraction of sp³-hybridized carbons (Fsp3) is 0.939. The van der Waals surface area contributed by atoms with Gasteiger partial charge >= 0.3 is 5.97 Å². The Hall–Kier alpha value is -1.14. The number of carbonyl (C=O) groups excluding carboxylic acids is 2. The fourth-order valence-electron chi connectivity index (χ4n) is 7.45. The average molecular weight is 612 g/mol. The zero-order chi connectivity index (χ0) is 32.1. The van der Waals surface area contributed by atoms with Crippen molar-refractivity contribution in [2.45, 2.75) is 122 Å². The second-order valence-electron chi connectivity index (χ2n) is 14.6. The molecule has 3 heterocycles. The van der Waals surface area contributed by atoms with E-state index in [1.165, 1.54) is 12.8 Å². The molecule has 3 rings (SSSR count). The van der Waals surface area contributed by atoms with Crippen LogP contribution in [0.3, 0.4) is 0 Å². The normalized spacial score (nSPS) is 39.3. The number of aliphatic hydroxyl groups excluding tert-OH is 1. The number of esters is 1. The minimum atomic E-state index is -1.39. The average Bonchev–Trinajstić information content (AvgIpc) is 3.46. The van der Waals surface area contributed by atoms with Crippen LogP contribution in [0.2, 0.25) is 0 Å². The van der Waals surface area contributed by atoms with E-state index < -0.39 is 41.4 Å². The summed E-state index contributed by atoms with van der Waals surface area (Å²) < 4.78 is 24.9. The monoisotopic (exact) mass is 611 g/mol. The van der Waals surface area contributed by atoms with E-state index in [0.29, 0.717) is 12.8 Å². The Kier molecular flexibility index (Phi) is 13.0. The maximum absolute atomic E-state index is 14.1. The predicted molar refractivity (Wildman–Crippen MR) is 167 cm³/mol. The molecule has 10 nitrogen and oxygen atoms in total. The largest absolute Gasteiger partial charge is 0.463 e. The Labute approximate surface area is 260 Å². The molecule has 9 atom stereocenters. The summed E-state index contributed by atoms with van der Waals surface area (Å²) in [5.74, 6) is -1.36. The van der Waals surface area contributed by atoms with Crippen LogP contribution in [-0.4, -0.2) is 135 Å². The summed E-state index contributed by atoms with van der Waals surface area (Å²) >= 11 is 0. The molecule has 0 aromatic rings. The smallest absolute Gasteiger partial charge is 0.319 e. The summed E-state index contributed by atoms with van der Waals surface area (Å²) in [6.07, 6.45) is 2.96. The molecule has 0 aromatic carbocycles. The zero-order valence-electron chi connectivity index (χ0n) is 28.6. The van der Waals surface area contributed by atoms with Crippen LogP contribution < -0.4 is 0 Å². The van der Waals surface area contributed by atoms with E-state index in [1.54, 1.807) is 27.9 Å². The van der Waals surface area contributed by atoms with Crippen LogP contribution in [0.1, 0.15) is 80.1 Å². The summed E-state index contributed by atoms with van der Waals surface area (Å²) in [7, 11) is 7.60. The van der Waals surface area contributed by atoms with Crippen molar-refractivity contribution in [1.29, 1.82) is 0 Å². The molecule has 1 N–H and O–H groups in total. The number of ketones is 1. The molecule has 250 valence electrons.